The molecule has 1 heterocycles. The van der Waals surface area contributed by atoms with Gasteiger partial charge < -0.3 is 19.7 Å². The number of hydrogen-bond donors (Lipinski definition) is 1. The van der Waals surface area contributed by atoms with E-state index in [1.807, 2.05) is 30.3 Å². The molecule has 2 atom stereocenters. The van der Waals surface area contributed by atoms with Crippen molar-refractivity contribution in [2.75, 3.05) is 13.3 Å². The highest BCUT2D eigenvalue weighted by atomic mass is 16.7. The third-order valence-corrected chi connectivity index (χ3v) is 6.45. The van der Waals surface area contributed by atoms with Crippen molar-refractivity contribution in [3.8, 4) is 0 Å². The Labute approximate surface area is 228 Å². The van der Waals surface area contributed by atoms with Crippen LogP contribution in [0, 0.1) is 5.41 Å². The van der Waals surface area contributed by atoms with Crippen LogP contribution in [0.4, 0.5) is 0 Å². The number of likely N-dealkylation sites (tertiary alicyclic amines) is 1. The summed E-state index contributed by atoms with van der Waals surface area (Å²) in [5.41, 5.74) is 0.587. The van der Waals surface area contributed by atoms with Gasteiger partial charge in [-0.15, -0.1) is 0 Å². The van der Waals surface area contributed by atoms with Gasteiger partial charge in [0.2, 0.25) is 12.7 Å². The lowest BCUT2D eigenvalue weighted by Crippen LogP contribution is -2.44. The molecule has 1 saturated heterocycles. The Balaban J connectivity index is 1.57. The number of benzene rings is 2. The standard InChI is InChI=1S/C30H36N2O7/c1-30(2,3)29(37)39-20-38-28(36)24-15-10-18-32(24)26(34)17-16-25(33)23(19-21-11-6-4-7-12-21)31-27(35)22-13-8-5-9-14-22/h4-9,11-14,23-24H,10,15-20H2,1-3H3,(H,31,35)/t23-,24-/m0/s1. The summed E-state index contributed by atoms with van der Waals surface area (Å²) in [7, 11) is 0. The average molecular weight is 537 g/mol. The molecule has 0 unspecified atom stereocenters. The average Bonchev–Trinajstić information content (AvgIpc) is 3.42. The number of ether oxygens (including phenoxy) is 2. The van der Waals surface area contributed by atoms with Gasteiger partial charge in [-0.2, -0.15) is 0 Å². The number of carbonyl (C=O) groups excluding carboxylic acids is 5. The topological polar surface area (TPSA) is 119 Å². The Morgan fingerprint density at radius 1 is 0.923 bits per heavy atom. The number of esters is 2. The van der Waals surface area contributed by atoms with Gasteiger partial charge in [-0.3, -0.25) is 19.2 Å². The van der Waals surface area contributed by atoms with Crippen LogP contribution < -0.4 is 5.32 Å². The number of nitrogens with zero attached hydrogens (tertiary/aromatic N) is 1. The molecule has 2 amide bonds. The minimum Gasteiger partial charge on any atom is -0.427 e. The molecule has 0 spiro atoms. The lowest BCUT2D eigenvalue weighted by atomic mass is 9.98. The van der Waals surface area contributed by atoms with E-state index in [4.69, 9.17) is 9.47 Å². The molecule has 2 aromatic carbocycles. The van der Waals surface area contributed by atoms with Crippen molar-refractivity contribution in [2.45, 2.75) is 65.0 Å². The second kappa shape index (κ2) is 13.7. The molecule has 2 aromatic rings. The van der Waals surface area contributed by atoms with Crippen LogP contribution in [0.3, 0.4) is 0 Å². The molecule has 0 aliphatic carbocycles. The zero-order valence-electron chi connectivity index (χ0n) is 22.7. The van der Waals surface area contributed by atoms with Crippen molar-refractivity contribution < 1.29 is 33.4 Å². The van der Waals surface area contributed by atoms with Gasteiger partial charge >= 0.3 is 11.9 Å². The second-order valence-electron chi connectivity index (χ2n) is 10.6. The zero-order chi connectivity index (χ0) is 28.4. The molecule has 0 saturated carbocycles. The van der Waals surface area contributed by atoms with Crippen LogP contribution in [0.5, 0.6) is 0 Å². The molecular weight excluding hydrogens is 500 g/mol. The monoisotopic (exact) mass is 536 g/mol. The molecule has 1 N–H and O–H groups in total. The summed E-state index contributed by atoms with van der Waals surface area (Å²) in [4.78, 5) is 64.8. The van der Waals surface area contributed by atoms with Crippen LogP contribution >= 0.6 is 0 Å². The third-order valence-electron chi connectivity index (χ3n) is 6.45. The van der Waals surface area contributed by atoms with Gasteiger partial charge in [0.15, 0.2) is 5.78 Å². The number of ketones is 1. The van der Waals surface area contributed by atoms with E-state index in [0.717, 1.165) is 5.56 Å². The number of rotatable bonds is 11. The van der Waals surface area contributed by atoms with E-state index in [1.165, 1.54) is 4.90 Å². The van der Waals surface area contributed by atoms with Crippen molar-refractivity contribution in [1.82, 2.24) is 10.2 Å². The lowest BCUT2D eigenvalue weighted by Gasteiger charge is -2.24. The highest BCUT2D eigenvalue weighted by molar-refractivity contribution is 5.98. The summed E-state index contributed by atoms with van der Waals surface area (Å²) in [6.45, 7) is 4.91. The van der Waals surface area contributed by atoms with E-state index < -0.39 is 36.2 Å². The molecule has 1 fully saturated rings. The van der Waals surface area contributed by atoms with E-state index in [0.29, 0.717) is 31.4 Å². The van der Waals surface area contributed by atoms with Crippen molar-refractivity contribution in [2.24, 2.45) is 5.41 Å². The Morgan fingerprint density at radius 2 is 1.56 bits per heavy atom. The maximum Gasteiger partial charge on any atom is 0.331 e. The summed E-state index contributed by atoms with van der Waals surface area (Å²) < 4.78 is 10.1. The first kappa shape index (κ1) is 29.5. The van der Waals surface area contributed by atoms with Gasteiger partial charge in [-0.25, -0.2) is 4.79 Å². The molecule has 39 heavy (non-hydrogen) atoms. The largest absolute Gasteiger partial charge is 0.427 e. The summed E-state index contributed by atoms with van der Waals surface area (Å²) in [5.74, 6) is -2.14. The van der Waals surface area contributed by atoms with Crippen LogP contribution in [-0.4, -0.2) is 59.9 Å². The maximum atomic E-state index is 13.2. The Bertz CT molecular complexity index is 1160. The Hall–Kier alpha value is -4.01. The Kier molecular flexibility index (Phi) is 10.4. The van der Waals surface area contributed by atoms with Crippen LogP contribution in [0.1, 0.15) is 62.4 Å². The van der Waals surface area contributed by atoms with E-state index in [1.54, 1.807) is 51.1 Å². The number of Topliss-reactive ketones (excluding diaryl/α,β-unsaturated/α-hetero) is 1. The van der Waals surface area contributed by atoms with Gasteiger partial charge in [0.25, 0.3) is 5.91 Å². The fourth-order valence-electron chi connectivity index (χ4n) is 4.24. The summed E-state index contributed by atoms with van der Waals surface area (Å²) in [5, 5.41) is 2.82. The SMILES string of the molecule is CC(C)(C)C(=O)OCOC(=O)[C@@H]1CCCN1C(=O)CCC(=O)[C@H](Cc1ccccc1)NC(=O)c1ccccc1. The van der Waals surface area contributed by atoms with E-state index in [-0.39, 0.29) is 30.4 Å². The number of hydrogen-bond acceptors (Lipinski definition) is 7. The van der Waals surface area contributed by atoms with Gasteiger partial charge in [0.1, 0.15) is 6.04 Å². The number of amides is 2. The molecule has 1 aliphatic rings. The predicted octanol–water partition coefficient (Wildman–Crippen LogP) is 3.46. The molecule has 0 radical (unpaired) electrons. The lowest BCUT2D eigenvalue weighted by molar-refractivity contribution is -0.176. The smallest absolute Gasteiger partial charge is 0.331 e. The summed E-state index contributed by atoms with van der Waals surface area (Å²) in [6, 6.07) is 16.3. The molecule has 1 aliphatic heterocycles. The van der Waals surface area contributed by atoms with Crippen LogP contribution in [-0.2, 0) is 35.1 Å². The molecule has 0 aromatic heterocycles. The fraction of sp³-hybridized carbons (Fsp3) is 0.433. The molecular formula is C30H36N2O7. The first-order valence-electron chi connectivity index (χ1n) is 13.1. The minimum atomic E-state index is -0.815. The van der Waals surface area contributed by atoms with Crippen molar-refractivity contribution >= 4 is 29.5 Å². The predicted molar refractivity (Wildman–Crippen MR) is 143 cm³/mol. The van der Waals surface area contributed by atoms with Gasteiger partial charge in [-0.05, 0) is 57.7 Å². The minimum absolute atomic E-state index is 0.0904. The van der Waals surface area contributed by atoms with Crippen molar-refractivity contribution in [1.29, 1.82) is 0 Å². The van der Waals surface area contributed by atoms with Crippen LogP contribution in [0.25, 0.3) is 0 Å². The van der Waals surface area contributed by atoms with Gasteiger partial charge in [0, 0.05) is 24.9 Å². The Morgan fingerprint density at radius 3 is 2.21 bits per heavy atom. The van der Waals surface area contributed by atoms with E-state index >= 15 is 0 Å². The number of carbonyl (C=O) groups is 5. The van der Waals surface area contributed by atoms with Gasteiger partial charge in [0.05, 0.1) is 11.5 Å². The second-order valence-corrected chi connectivity index (χ2v) is 10.6. The molecule has 0 bridgehead atoms. The van der Waals surface area contributed by atoms with Crippen LogP contribution in [0.15, 0.2) is 60.7 Å². The fourth-order valence-corrected chi connectivity index (χ4v) is 4.24. The quantitative estimate of drug-likeness (QED) is 0.345. The highest BCUT2D eigenvalue weighted by Crippen LogP contribution is 2.21. The van der Waals surface area contributed by atoms with Crippen molar-refractivity contribution in [3.63, 3.8) is 0 Å². The molecule has 9 heteroatoms. The number of nitrogens with one attached hydrogen (secondary N) is 1. The molecule has 9 nitrogen and oxygen atoms in total. The zero-order valence-corrected chi connectivity index (χ0v) is 22.7. The third kappa shape index (κ3) is 8.77. The molecule has 208 valence electrons. The maximum absolute atomic E-state index is 13.2. The van der Waals surface area contributed by atoms with E-state index in [2.05, 4.69) is 5.32 Å². The molecule has 3 rings (SSSR count). The first-order chi connectivity index (χ1) is 18.6. The van der Waals surface area contributed by atoms with Crippen LogP contribution in [0.2, 0.25) is 0 Å². The van der Waals surface area contributed by atoms with E-state index in [9.17, 15) is 24.0 Å². The normalized spacial score (nSPS) is 15.8. The highest BCUT2D eigenvalue weighted by Gasteiger charge is 2.36. The van der Waals surface area contributed by atoms with Crippen molar-refractivity contribution in [3.05, 3.63) is 71.8 Å². The summed E-state index contributed by atoms with van der Waals surface area (Å²) in [6.07, 6.45) is 1.14. The van der Waals surface area contributed by atoms with Gasteiger partial charge in [-0.1, -0.05) is 48.5 Å². The first-order valence-corrected chi connectivity index (χ1v) is 13.1. The summed E-state index contributed by atoms with van der Waals surface area (Å²) >= 11 is 0.